The SMILES string of the molecule is NS(N)(=O)=O.[H-].[K+]. The van der Waals surface area contributed by atoms with Gasteiger partial charge in [0, 0.05) is 0 Å². The summed E-state index contributed by atoms with van der Waals surface area (Å²) in [5.74, 6) is 0. The number of hydrogen-bond donors (Lipinski definition) is 2. The first-order chi connectivity index (χ1) is 2.00. The van der Waals surface area contributed by atoms with Crippen LogP contribution >= 0.6 is 0 Å². The maximum Gasteiger partial charge on any atom is 1.00 e. The molecule has 0 unspecified atom stereocenters. The fraction of sp³-hybridized carbons (Fsp3) is 0. The van der Waals surface area contributed by atoms with Crippen LogP contribution in [0.15, 0.2) is 0 Å². The van der Waals surface area contributed by atoms with Crippen molar-refractivity contribution in [3.8, 4) is 0 Å². The van der Waals surface area contributed by atoms with E-state index in [1.165, 1.54) is 0 Å². The Bertz CT molecular complexity index is 98.9. The Balaban J connectivity index is -0.0000000800. The van der Waals surface area contributed by atoms with E-state index >= 15 is 0 Å². The molecule has 0 aliphatic heterocycles. The van der Waals surface area contributed by atoms with Crippen molar-refractivity contribution in [1.82, 2.24) is 0 Å². The fourth-order valence-electron chi connectivity index (χ4n) is 0. The van der Waals surface area contributed by atoms with Gasteiger partial charge in [0.15, 0.2) is 0 Å². The molecule has 0 atom stereocenters. The predicted octanol–water partition coefficient (Wildman–Crippen LogP) is -4.73. The second-order valence-electron chi connectivity index (χ2n) is 0.589. The number of hydrogen-bond acceptors (Lipinski definition) is 2. The second kappa shape index (κ2) is 3.50. The smallest absolute Gasteiger partial charge is 1.00 e. The Hall–Kier alpha value is 1.51. The third kappa shape index (κ3) is 49.3. The normalized spacial score (nSPS) is 9.67. The number of nitrogens with two attached hydrogens (primary N) is 2. The molecule has 0 aromatic carbocycles. The van der Waals surface area contributed by atoms with Gasteiger partial charge in [-0.05, 0) is 0 Å². The predicted molar refractivity (Wildman–Crippen MR) is 18.4 cm³/mol. The average Bonchev–Trinajstić information content (AvgIpc) is 0.722. The molecule has 4 N–H and O–H groups in total. The summed E-state index contributed by atoms with van der Waals surface area (Å²) in [4.78, 5) is 0. The van der Waals surface area contributed by atoms with Crippen molar-refractivity contribution in [3.63, 3.8) is 0 Å². The summed E-state index contributed by atoms with van der Waals surface area (Å²) in [5, 5.41) is 8.21. The Kier molecular flexibility index (Phi) is 6.12. The van der Waals surface area contributed by atoms with Gasteiger partial charge < -0.3 is 1.43 Å². The molecule has 6 heteroatoms. The molecule has 0 radical (unpaired) electrons. The van der Waals surface area contributed by atoms with Gasteiger partial charge >= 0.3 is 51.4 Å². The third-order valence-electron chi connectivity index (χ3n) is 0. The average molecular weight is 136 g/mol. The first kappa shape index (κ1) is 10.5. The van der Waals surface area contributed by atoms with E-state index in [9.17, 15) is 8.42 Å². The van der Waals surface area contributed by atoms with Crippen LogP contribution < -0.4 is 61.7 Å². The van der Waals surface area contributed by atoms with E-state index in [2.05, 4.69) is 10.3 Å². The minimum Gasteiger partial charge on any atom is -1.00 e. The van der Waals surface area contributed by atoms with Gasteiger partial charge in [0.25, 0.3) is 10.2 Å². The number of rotatable bonds is 0. The van der Waals surface area contributed by atoms with Crippen LogP contribution in [0.25, 0.3) is 0 Å². The van der Waals surface area contributed by atoms with Crippen LogP contribution in [0.2, 0.25) is 0 Å². The topological polar surface area (TPSA) is 86.2 Å². The van der Waals surface area contributed by atoms with Gasteiger partial charge in [-0.25, -0.2) is 10.3 Å². The van der Waals surface area contributed by atoms with Crippen LogP contribution in [-0.4, -0.2) is 8.42 Å². The van der Waals surface area contributed by atoms with Crippen molar-refractivity contribution in [2.75, 3.05) is 0 Å². The van der Waals surface area contributed by atoms with E-state index in [-0.39, 0.29) is 52.8 Å². The molecule has 4 nitrogen and oxygen atoms in total. The molecule has 0 rings (SSSR count). The van der Waals surface area contributed by atoms with E-state index in [0.29, 0.717) is 0 Å². The molecule has 0 amide bonds. The summed E-state index contributed by atoms with van der Waals surface area (Å²) < 4.78 is 18.4. The van der Waals surface area contributed by atoms with Crippen LogP contribution in [0.4, 0.5) is 0 Å². The minimum absolute atomic E-state index is 0. The molecule has 0 aromatic heterocycles. The zero-order chi connectivity index (χ0) is 4.50. The van der Waals surface area contributed by atoms with Gasteiger partial charge in [0.2, 0.25) is 0 Å². The summed E-state index contributed by atoms with van der Waals surface area (Å²) in [6, 6.07) is 0. The van der Waals surface area contributed by atoms with Crippen molar-refractivity contribution >= 4 is 10.2 Å². The minimum atomic E-state index is -3.67. The van der Waals surface area contributed by atoms with Crippen LogP contribution in [0.3, 0.4) is 0 Å². The molecule has 34 valence electrons. The van der Waals surface area contributed by atoms with Crippen molar-refractivity contribution in [2.24, 2.45) is 10.3 Å². The van der Waals surface area contributed by atoms with Gasteiger partial charge in [0.05, 0.1) is 0 Å². The molecular weight excluding hydrogens is 131 g/mol. The van der Waals surface area contributed by atoms with Crippen LogP contribution in [0.5, 0.6) is 0 Å². The van der Waals surface area contributed by atoms with Crippen molar-refractivity contribution < 1.29 is 61.2 Å². The Morgan fingerprint density at radius 2 is 1.33 bits per heavy atom. The first-order valence-corrected chi connectivity index (χ1v) is 2.41. The molecule has 0 heterocycles. The quantitative estimate of drug-likeness (QED) is 0.328. The maximum atomic E-state index is 9.19. The van der Waals surface area contributed by atoms with Crippen LogP contribution in [0, 0.1) is 0 Å². The zero-order valence-corrected chi connectivity index (χ0v) is 7.32. The van der Waals surface area contributed by atoms with Gasteiger partial charge in [-0.3, -0.25) is 0 Å². The Morgan fingerprint density at radius 1 is 1.33 bits per heavy atom. The Labute approximate surface area is 80.4 Å². The molecule has 0 saturated heterocycles. The summed E-state index contributed by atoms with van der Waals surface area (Å²) >= 11 is 0. The maximum absolute atomic E-state index is 9.19. The second-order valence-corrected chi connectivity index (χ2v) is 1.77. The molecule has 0 spiro atoms. The molecule has 0 aliphatic carbocycles. The van der Waals surface area contributed by atoms with Gasteiger partial charge in [0.1, 0.15) is 0 Å². The monoisotopic (exact) mass is 136 g/mol. The van der Waals surface area contributed by atoms with Crippen molar-refractivity contribution in [2.45, 2.75) is 0 Å². The van der Waals surface area contributed by atoms with E-state index < -0.39 is 10.2 Å². The first-order valence-electron chi connectivity index (χ1n) is 0.805. The van der Waals surface area contributed by atoms with E-state index in [0.717, 1.165) is 0 Å². The molecule has 0 bridgehead atoms. The molecule has 0 saturated carbocycles. The molecule has 0 aliphatic rings. The summed E-state index contributed by atoms with van der Waals surface area (Å²) in [6.45, 7) is 0. The van der Waals surface area contributed by atoms with E-state index in [4.69, 9.17) is 0 Å². The summed E-state index contributed by atoms with van der Waals surface area (Å²) in [5.41, 5.74) is 0. The molecule has 0 fully saturated rings. The molecule has 0 aromatic rings. The molecular formula is H5KN2O2S. The zero-order valence-electron chi connectivity index (χ0n) is 4.38. The summed E-state index contributed by atoms with van der Waals surface area (Å²) in [6.07, 6.45) is 0. The van der Waals surface area contributed by atoms with Crippen molar-refractivity contribution in [3.05, 3.63) is 0 Å². The van der Waals surface area contributed by atoms with E-state index in [1.54, 1.807) is 0 Å². The third-order valence-corrected chi connectivity index (χ3v) is 0. The fourth-order valence-corrected chi connectivity index (χ4v) is 0. The van der Waals surface area contributed by atoms with Gasteiger partial charge in [-0.2, -0.15) is 8.42 Å². The molecule has 6 heavy (non-hydrogen) atoms. The van der Waals surface area contributed by atoms with Crippen LogP contribution in [-0.2, 0) is 10.2 Å². The van der Waals surface area contributed by atoms with Gasteiger partial charge in [-0.15, -0.1) is 0 Å². The van der Waals surface area contributed by atoms with Crippen LogP contribution in [0.1, 0.15) is 1.43 Å². The summed E-state index contributed by atoms with van der Waals surface area (Å²) in [7, 11) is -3.67. The van der Waals surface area contributed by atoms with E-state index in [1.807, 2.05) is 0 Å². The Morgan fingerprint density at radius 3 is 1.33 bits per heavy atom. The van der Waals surface area contributed by atoms with Gasteiger partial charge in [-0.1, -0.05) is 0 Å². The standard InChI is InChI=1S/K.H4N2O2S.H/c;1-5(2,3)4;/h;(H4,1,2,3,4);/q+1;;-1. The largest absolute Gasteiger partial charge is 1.00 e. The van der Waals surface area contributed by atoms with Crippen molar-refractivity contribution in [1.29, 1.82) is 0 Å².